The van der Waals surface area contributed by atoms with Crippen LogP contribution in [-0.4, -0.2) is 37.6 Å². The first-order valence-corrected chi connectivity index (χ1v) is 6.73. The number of nitrogens with one attached hydrogen (secondary N) is 1. The van der Waals surface area contributed by atoms with Crippen LogP contribution in [0.5, 0.6) is 0 Å². The lowest BCUT2D eigenvalue weighted by Crippen LogP contribution is -2.49. The van der Waals surface area contributed by atoms with Crippen molar-refractivity contribution < 1.29 is 0 Å². The minimum Gasteiger partial charge on any atom is -0.313 e. The van der Waals surface area contributed by atoms with Crippen molar-refractivity contribution in [3.05, 3.63) is 0 Å². The second-order valence-corrected chi connectivity index (χ2v) is 6.34. The van der Waals surface area contributed by atoms with E-state index < -0.39 is 0 Å². The molecule has 2 atom stereocenters. The lowest BCUT2D eigenvalue weighted by Gasteiger charge is -2.37. The summed E-state index contributed by atoms with van der Waals surface area (Å²) in [4.78, 5) is 2.41. The van der Waals surface area contributed by atoms with Crippen LogP contribution in [0.15, 0.2) is 0 Å². The third-order valence-electron chi connectivity index (χ3n) is 3.86. The Hall–Kier alpha value is -0.590. The molecule has 3 heteroatoms. The van der Waals surface area contributed by atoms with Crippen LogP contribution in [0.25, 0.3) is 0 Å². The van der Waals surface area contributed by atoms with Gasteiger partial charge >= 0.3 is 0 Å². The predicted molar refractivity (Wildman–Crippen MR) is 71.7 cm³/mol. The molecule has 0 aromatic rings. The van der Waals surface area contributed by atoms with Crippen LogP contribution >= 0.6 is 0 Å². The van der Waals surface area contributed by atoms with Gasteiger partial charge in [0.25, 0.3) is 0 Å². The first kappa shape index (κ1) is 14.5. The first-order valence-electron chi connectivity index (χ1n) is 6.73. The molecule has 1 heterocycles. The molecule has 0 aromatic carbocycles. The minimum absolute atomic E-state index is 0.235. The molecule has 0 radical (unpaired) electrons. The molecule has 1 aliphatic heterocycles. The van der Waals surface area contributed by atoms with Gasteiger partial charge in [0.2, 0.25) is 0 Å². The fraction of sp³-hybridized carbons (Fsp3) is 0.929. The molecule has 1 saturated heterocycles. The fourth-order valence-electron chi connectivity index (χ4n) is 2.55. The van der Waals surface area contributed by atoms with E-state index in [0.29, 0.717) is 12.5 Å². The molecule has 0 amide bonds. The van der Waals surface area contributed by atoms with Gasteiger partial charge in [-0.1, -0.05) is 20.8 Å². The van der Waals surface area contributed by atoms with Crippen molar-refractivity contribution in [1.29, 1.82) is 5.26 Å². The van der Waals surface area contributed by atoms with E-state index in [4.69, 9.17) is 5.26 Å². The highest BCUT2D eigenvalue weighted by Crippen LogP contribution is 2.23. The van der Waals surface area contributed by atoms with Gasteiger partial charge in [-0.25, -0.2) is 0 Å². The maximum atomic E-state index is 8.64. The Balaban J connectivity index is 2.32. The van der Waals surface area contributed by atoms with Gasteiger partial charge in [0.15, 0.2) is 0 Å². The summed E-state index contributed by atoms with van der Waals surface area (Å²) in [6.07, 6.45) is 2.89. The molecule has 0 aliphatic carbocycles. The second kappa shape index (κ2) is 6.37. The Bertz CT molecular complexity index is 267. The zero-order chi connectivity index (χ0) is 12.9. The molecular weight excluding hydrogens is 210 g/mol. The summed E-state index contributed by atoms with van der Waals surface area (Å²) >= 11 is 0. The van der Waals surface area contributed by atoms with Crippen LogP contribution in [0.1, 0.15) is 40.0 Å². The van der Waals surface area contributed by atoms with E-state index in [2.05, 4.69) is 44.1 Å². The smallest absolute Gasteiger partial charge is 0.0621 e. The van der Waals surface area contributed by atoms with Crippen molar-refractivity contribution in [2.75, 3.05) is 26.7 Å². The molecule has 98 valence electrons. The normalized spacial score (nSPS) is 26.8. The van der Waals surface area contributed by atoms with Crippen molar-refractivity contribution >= 4 is 0 Å². The minimum atomic E-state index is 0.235. The maximum absolute atomic E-state index is 8.64. The molecule has 17 heavy (non-hydrogen) atoms. The Kier molecular flexibility index (Phi) is 5.42. The number of likely N-dealkylation sites (tertiary alicyclic amines) is 1. The average Bonchev–Trinajstić information content (AvgIpc) is 2.25. The predicted octanol–water partition coefficient (Wildman–Crippen LogP) is 2.25. The highest BCUT2D eigenvalue weighted by atomic mass is 15.1. The molecule has 0 saturated carbocycles. The Morgan fingerprint density at radius 2 is 2.18 bits per heavy atom. The van der Waals surface area contributed by atoms with Gasteiger partial charge in [-0.2, -0.15) is 5.26 Å². The van der Waals surface area contributed by atoms with Crippen LogP contribution in [0, 0.1) is 22.7 Å². The summed E-state index contributed by atoms with van der Waals surface area (Å²) in [5.41, 5.74) is 0.235. The molecule has 1 aliphatic rings. The highest BCUT2D eigenvalue weighted by molar-refractivity contribution is 4.85. The molecule has 3 nitrogen and oxygen atoms in total. The largest absolute Gasteiger partial charge is 0.313 e. The van der Waals surface area contributed by atoms with E-state index in [1.807, 2.05) is 0 Å². The van der Waals surface area contributed by atoms with Gasteiger partial charge in [-0.3, -0.25) is 0 Å². The van der Waals surface area contributed by atoms with E-state index in [0.717, 1.165) is 18.9 Å². The van der Waals surface area contributed by atoms with Gasteiger partial charge in [-0.05, 0) is 37.8 Å². The van der Waals surface area contributed by atoms with Crippen molar-refractivity contribution in [3.8, 4) is 6.07 Å². The summed E-state index contributed by atoms with van der Waals surface area (Å²) in [6.45, 7) is 10.2. The maximum Gasteiger partial charge on any atom is 0.0621 e. The van der Waals surface area contributed by atoms with E-state index in [9.17, 15) is 0 Å². The van der Waals surface area contributed by atoms with E-state index in [1.54, 1.807) is 0 Å². The fourth-order valence-corrected chi connectivity index (χ4v) is 2.55. The lowest BCUT2D eigenvalue weighted by molar-refractivity contribution is 0.162. The van der Waals surface area contributed by atoms with Crippen molar-refractivity contribution in [3.63, 3.8) is 0 Å². The first-order chi connectivity index (χ1) is 7.94. The number of piperidine rings is 1. The van der Waals surface area contributed by atoms with Gasteiger partial charge in [-0.15, -0.1) is 0 Å². The zero-order valence-corrected chi connectivity index (χ0v) is 11.8. The topological polar surface area (TPSA) is 39.1 Å². The third-order valence-corrected chi connectivity index (χ3v) is 3.86. The molecule has 0 spiro atoms. The molecule has 0 bridgehead atoms. The van der Waals surface area contributed by atoms with Gasteiger partial charge in [0, 0.05) is 25.6 Å². The monoisotopic (exact) mass is 237 g/mol. The Labute approximate surface area is 106 Å². The molecule has 2 unspecified atom stereocenters. The van der Waals surface area contributed by atoms with Crippen molar-refractivity contribution in [1.82, 2.24) is 10.2 Å². The number of rotatable bonds is 5. The number of nitrogens with zero attached hydrogens (tertiary/aromatic N) is 2. The molecule has 1 N–H and O–H groups in total. The molecule has 1 fully saturated rings. The number of hydrogen-bond donors (Lipinski definition) is 1. The van der Waals surface area contributed by atoms with Gasteiger partial charge in [0.05, 0.1) is 6.07 Å². The van der Waals surface area contributed by atoms with Gasteiger partial charge in [0.1, 0.15) is 0 Å². The van der Waals surface area contributed by atoms with Crippen molar-refractivity contribution in [2.24, 2.45) is 11.3 Å². The molecule has 1 rings (SSSR count). The quantitative estimate of drug-likeness (QED) is 0.797. The summed E-state index contributed by atoms with van der Waals surface area (Å²) in [5, 5.41) is 12.3. The van der Waals surface area contributed by atoms with E-state index in [1.165, 1.54) is 19.5 Å². The van der Waals surface area contributed by atoms with Crippen LogP contribution < -0.4 is 5.32 Å². The molecule has 0 aromatic heterocycles. The SMILES string of the molecule is CC1CN(C)CCC1NCC(C)(C)CCC#N. The van der Waals surface area contributed by atoms with E-state index in [-0.39, 0.29) is 5.41 Å². The Morgan fingerprint density at radius 3 is 2.76 bits per heavy atom. The Morgan fingerprint density at radius 1 is 1.47 bits per heavy atom. The average molecular weight is 237 g/mol. The van der Waals surface area contributed by atoms with Crippen LogP contribution in [0.3, 0.4) is 0 Å². The summed E-state index contributed by atoms with van der Waals surface area (Å²) in [6, 6.07) is 2.89. The third kappa shape index (κ3) is 5.06. The van der Waals surface area contributed by atoms with Crippen LogP contribution in [0.2, 0.25) is 0 Å². The van der Waals surface area contributed by atoms with Gasteiger partial charge < -0.3 is 10.2 Å². The summed E-state index contributed by atoms with van der Waals surface area (Å²) in [7, 11) is 2.20. The van der Waals surface area contributed by atoms with Crippen LogP contribution in [0.4, 0.5) is 0 Å². The zero-order valence-electron chi connectivity index (χ0n) is 11.8. The summed E-state index contributed by atoms with van der Waals surface area (Å²) < 4.78 is 0. The van der Waals surface area contributed by atoms with E-state index >= 15 is 0 Å². The standard InChI is InChI=1S/C14H27N3/c1-12-10-17(4)9-6-13(12)16-11-14(2,3)7-5-8-15/h12-13,16H,5-7,9-11H2,1-4H3. The number of nitriles is 1. The number of hydrogen-bond acceptors (Lipinski definition) is 3. The van der Waals surface area contributed by atoms with Crippen LogP contribution in [-0.2, 0) is 0 Å². The second-order valence-electron chi connectivity index (χ2n) is 6.34. The highest BCUT2D eigenvalue weighted by Gasteiger charge is 2.26. The lowest BCUT2D eigenvalue weighted by atomic mass is 9.86. The summed E-state index contributed by atoms with van der Waals surface area (Å²) in [5.74, 6) is 0.723. The van der Waals surface area contributed by atoms with Crippen molar-refractivity contribution in [2.45, 2.75) is 46.1 Å². The molecular formula is C14H27N3.